The number of hydrogen-bond acceptors (Lipinski definition) is 6. The van der Waals surface area contributed by atoms with Crippen LogP contribution in [0.15, 0.2) is 53.1 Å². The fourth-order valence-corrected chi connectivity index (χ4v) is 5.94. The summed E-state index contributed by atoms with van der Waals surface area (Å²) in [6, 6.07) is 14.1. The Kier molecular flexibility index (Phi) is 6.01. The lowest BCUT2D eigenvalue weighted by atomic mass is 9.91. The van der Waals surface area contributed by atoms with Crippen LogP contribution in [0.4, 0.5) is 0 Å². The van der Waals surface area contributed by atoms with E-state index in [1.807, 2.05) is 12.1 Å². The molecule has 0 amide bonds. The van der Waals surface area contributed by atoms with Gasteiger partial charge in [-0.25, -0.2) is 9.78 Å². The van der Waals surface area contributed by atoms with Crippen LogP contribution in [0.5, 0.6) is 17.4 Å². The van der Waals surface area contributed by atoms with Crippen molar-refractivity contribution in [3.8, 4) is 28.6 Å². The Morgan fingerprint density at radius 1 is 1.03 bits per heavy atom. The Hall–Kier alpha value is -3.55. The number of fused-ring (bicyclic) bond motifs is 2. The van der Waals surface area contributed by atoms with Gasteiger partial charge >= 0.3 is 5.97 Å². The van der Waals surface area contributed by atoms with Crippen LogP contribution in [-0.4, -0.2) is 21.2 Å². The number of rotatable bonds is 7. The fourth-order valence-electron chi connectivity index (χ4n) is 5.36. The van der Waals surface area contributed by atoms with E-state index in [-0.39, 0.29) is 18.1 Å². The summed E-state index contributed by atoms with van der Waals surface area (Å²) in [6.45, 7) is 0.204. The molecule has 0 saturated heterocycles. The Labute approximate surface area is 234 Å². The highest BCUT2D eigenvalue weighted by Gasteiger charge is 2.38. The van der Waals surface area contributed by atoms with Crippen molar-refractivity contribution in [3.05, 3.63) is 86.7 Å². The van der Waals surface area contributed by atoms with E-state index in [9.17, 15) is 9.90 Å². The number of halogens is 2. The summed E-state index contributed by atoms with van der Waals surface area (Å²) in [6.07, 6.45) is 5.08. The first-order valence-electron chi connectivity index (χ1n) is 13.1. The molecule has 7 nitrogen and oxygen atoms in total. The molecule has 1 atom stereocenters. The van der Waals surface area contributed by atoms with E-state index in [2.05, 4.69) is 5.16 Å². The molecule has 0 radical (unpaired) electrons. The molecule has 1 unspecified atom stereocenters. The molecule has 3 aliphatic rings. The second-order valence-corrected chi connectivity index (χ2v) is 11.3. The zero-order chi connectivity index (χ0) is 26.7. The summed E-state index contributed by atoms with van der Waals surface area (Å²) in [7, 11) is 0. The molecule has 2 aromatic heterocycles. The number of carbonyl (C=O) groups is 1. The van der Waals surface area contributed by atoms with Crippen molar-refractivity contribution in [2.24, 2.45) is 5.92 Å². The van der Waals surface area contributed by atoms with Gasteiger partial charge in [-0.1, -0.05) is 40.5 Å². The Morgan fingerprint density at radius 3 is 2.54 bits per heavy atom. The van der Waals surface area contributed by atoms with Gasteiger partial charge in [0.15, 0.2) is 0 Å². The van der Waals surface area contributed by atoms with Crippen molar-refractivity contribution in [2.75, 3.05) is 0 Å². The van der Waals surface area contributed by atoms with Crippen LogP contribution in [0, 0.1) is 5.92 Å². The average molecular weight is 563 g/mol. The molecule has 2 aliphatic carbocycles. The monoisotopic (exact) mass is 562 g/mol. The molecule has 1 aliphatic heterocycles. The number of nitrogens with zero attached hydrogens (tertiary/aromatic N) is 2. The van der Waals surface area contributed by atoms with E-state index in [4.69, 9.17) is 42.2 Å². The number of hydrogen-bond donors (Lipinski definition) is 1. The molecule has 2 saturated carbocycles. The highest BCUT2D eigenvalue weighted by Crippen LogP contribution is 2.50. The minimum atomic E-state index is -0.983. The molecule has 39 heavy (non-hydrogen) atoms. The van der Waals surface area contributed by atoms with Crippen molar-refractivity contribution in [1.82, 2.24) is 10.1 Å². The summed E-state index contributed by atoms with van der Waals surface area (Å²) in [5.74, 6) is 2.47. The highest BCUT2D eigenvalue weighted by atomic mass is 35.5. The number of carboxylic acids is 1. The number of ether oxygens (including phenoxy) is 2. The smallest absolute Gasteiger partial charge is 0.335 e. The van der Waals surface area contributed by atoms with Crippen molar-refractivity contribution in [2.45, 2.75) is 50.5 Å². The fraction of sp³-hybridized carbons (Fsp3) is 0.300. The van der Waals surface area contributed by atoms with Gasteiger partial charge in [0.1, 0.15) is 29.6 Å². The topological polar surface area (TPSA) is 94.7 Å². The lowest BCUT2D eigenvalue weighted by Crippen LogP contribution is -2.08. The van der Waals surface area contributed by atoms with Crippen molar-refractivity contribution in [3.63, 3.8) is 0 Å². The first-order chi connectivity index (χ1) is 19.0. The van der Waals surface area contributed by atoms with Crippen LogP contribution in [0.1, 0.15) is 70.5 Å². The molecule has 0 spiro atoms. The third kappa shape index (κ3) is 4.64. The van der Waals surface area contributed by atoms with Crippen LogP contribution in [-0.2, 0) is 13.0 Å². The summed E-state index contributed by atoms with van der Waals surface area (Å²) in [4.78, 5) is 16.4. The second kappa shape index (κ2) is 9.57. The maximum absolute atomic E-state index is 11.5. The molecule has 3 heterocycles. The first-order valence-corrected chi connectivity index (χ1v) is 13.8. The van der Waals surface area contributed by atoms with E-state index in [0.29, 0.717) is 50.5 Å². The minimum Gasteiger partial charge on any atom is -0.478 e. The maximum Gasteiger partial charge on any atom is 0.335 e. The Morgan fingerprint density at radius 2 is 1.82 bits per heavy atom. The third-order valence-corrected chi connectivity index (χ3v) is 8.34. The van der Waals surface area contributed by atoms with E-state index >= 15 is 0 Å². The molecule has 1 N–H and O–H groups in total. The lowest BCUT2D eigenvalue weighted by Gasteiger charge is -2.16. The molecule has 4 aromatic rings. The van der Waals surface area contributed by atoms with Gasteiger partial charge in [0, 0.05) is 23.5 Å². The molecule has 198 valence electrons. The SMILES string of the molecule is O=C(O)c1ccc2c(c1)Oc1ccc(OCc3c(-c4c(Cl)cccc4Cl)noc3C3CC3)nc1C(C1CC1)C2. The van der Waals surface area contributed by atoms with E-state index in [1.54, 1.807) is 36.4 Å². The van der Waals surface area contributed by atoms with Gasteiger partial charge in [0.05, 0.1) is 26.9 Å². The summed E-state index contributed by atoms with van der Waals surface area (Å²) in [5.41, 5.74) is 4.06. The molecule has 2 aromatic carbocycles. The average Bonchev–Trinajstić information content (AvgIpc) is 3.84. The number of aromatic carboxylic acids is 1. The van der Waals surface area contributed by atoms with Gasteiger partial charge < -0.3 is 19.1 Å². The van der Waals surface area contributed by atoms with Crippen LogP contribution < -0.4 is 9.47 Å². The quantitative estimate of drug-likeness (QED) is 0.243. The van der Waals surface area contributed by atoms with Crippen LogP contribution >= 0.6 is 23.2 Å². The predicted molar refractivity (Wildman–Crippen MR) is 145 cm³/mol. The Bertz CT molecular complexity index is 1590. The molecular formula is C30H24Cl2N2O5. The molecular weight excluding hydrogens is 539 g/mol. The van der Waals surface area contributed by atoms with Crippen LogP contribution in [0.2, 0.25) is 10.0 Å². The predicted octanol–water partition coefficient (Wildman–Crippen LogP) is 8.04. The highest BCUT2D eigenvalue weighted by molar-refractivity contribution is 6.39. The van der Waals surface area contributed by atoms with Gasteiger partial charge in [-0.05, 0) is 73.9 Å². The summed E-state index contributed by atoms with van der Waals surface area (Å²) < 4.78 is 18.3. The molecule has 7 rings (SSSR count). The largest absolute Gasteiger partial charge is 0.478 e. The normalized spacial score (nSPS) is 18.1. The van der Waals surface area contributed by atoms with E-state index in [1.165, 1.54) is 0 Å². The number of pyridine rings is 1. The standard InChI is InChI=1S/C30H24Cl2N2O5/c31-21-2-1-3-22(32)26(21)28-20(29(39-34-28)16-6-7-16)14-37-25-11-10-23-27(33-25)19(15-4-5-15)12-17-8-9-18(30(35)36)13-24(17)38-23/h1-3,8-11,13,15-16,19H,4-7,12,14H2,(H,35,36). The maximum atomic E-state index is 11.5. The first kappa shape index (κ1) is 24.5. The molecule has 0 bridgehead atoms. The second-order valence-electron chi connectivity index (χ2n) is 10.4. The third-order valence-electron chi connectivity index (χ3n) is 7.71. The summed E-state index contributed by atoms with van der Waals surface area (Å²) >= 11 is 13.0. The van der Waals surface area contributed by atoms with E-state index in [0.717, 1.165) is 54.7 Å². The minimum absolute atomic E-state index is 0.163. The van der Waals surface area contributed by atoms with Crippen LogP contribution in [0.25, 0.3) is 11.3 Å². The van der Waals surface area contributed by atoms with Crippen molar-refractivity contribution < 1.29 is 23.9 Å². The number of carboxylic acid groups (broad SMARTS) is 1. The van der Waals surface area contributed by atoms with Gasteiger partial charge in [-0.15, -0.1) is 0 Å². The number of benzene rings is 2. The van der Waals surface area contributed by atoms with Gasteiger partial charge in [0.2, 0.25) is 5.88 Å². The van der Waals surface area contributed by atoms with Gasteiger partial charge in [-0.2, -0.15) is 0 Å². The van der Waals surface area contributed by atoms with Crippen molar-refractivity contribution in [1.29, 1.82) is 0 Å². The van der Waals surface area contributed by atoms with Gasteiger partial charge in [-0.3, -0.25) is 0 Å². The molecule has 9 heteroatoms. The number of aromatic nitrogens is 2. The summed E-state index contributed by atoms with van der Waals surface area (Å²) in [5, 5.41) is 14.8. The lowest BCUT2D eigenvalue weighted by molar-refractivity contribution is 0.0696. The zero-order valence-electron chi connectivity index (χ0n) is 20.8. The van der Waals surface area contributed by atoms with Crippen molar-refractivity contribution >= 4 is 29.2 Å². The van der Waals surface area contributed by atoms with Gasteiger partial charge in [0.25, 0.3) is 0 Å². The van der Waals surface area contributed by atoms with E-state index < -0.39 is 5.97 Å². The zero-order valence-corrected chi connectivity index (χ0v) is 22.3. The van der Waals surface area contributed by atoms with Crippen LogP contribution in [0.3, 0.4) is 0 Å². The molecule has 2 fully saturated rings. The Balaban J connectivity index is 1.21.